The van der Waals surface area contributed by atoms with Crippen LogP contribution in [0.5, 0.6) is 0 Å². The van der Waals surface area contributed by atoms with Crippen LogP contribution >= 0.6 is 11.6 Å². The summed E-state index contributed by atoms with van der Waals surface area (Å²) < 4.78 is 0. The molecule has 0 amide bonds. The van der Waals surface area contributed by atoms with Crippen molar-refractivity contribution in [1.82, 2.24) is 10.6 Å². The zero-order chi connectivity index (χ0) is 7.11. The Morgan fingerprint density at radius 3 is 2.44 bits per heavy atom. The van der Waals surface area contributed by atoms with Crippen molar-refractivity contribution < 1.29 is 0 Å². The van der Waals surface area contributed by atoms with Gasteiger partial charge in [-0.15, -0.1) is 11.6 Å². The summed E-state index contributed by atoms with van der Waals surface area (Å²) in [4.78, 5) is 0. The lowest BCUT2D eigenvalue weighted by atomic mass is 10.5. The van der Waals surface area contributed by atoms with E-state index in [2.05, 4.69) is 17.6 Å². The molecule has 2 N–H and O–H groups in total. The number of alkyl halides is 1. The highest BCUT2D eigenvalue weighted by Crippen LogP contribution is 1.85. The number of nitrogens with one attached hydrogen (secondary N) is 2. The average Bonchev–Trinajstić information content (AvgIpc) is 1.85. The molecule has 0 aromatic carbocycles. The summed E-state index contributed by atoms with van der Waals surface area (Å²) >= 11 is 5.79. The first kappa shape index (κ1) is 9.21. The maximum absolute atomic E-state index is 5.79. The molecule has 1 atom stereocenters. The monoisotopic (exact) mass is 150 g/mol. The van der Waals surface area contributed by atoms with Crippen LogP contribution in [0.15, 0.2) is 0 Å². The normalized spacial score (nSPS) is 13.7. The fourth-order valence-corrected chi connectivity index (χ4v) is 0.828. The predicted octanol–water partition coefficient (Wildman–Crippen LogP) is 0.770. The van der Waals surface area contributed by atoms with Crippen LogP contribution in [0.25, 0.3) is 0 Å². The summed E-state index contributed by atoms with van der Waals surface area (Å²) in [5.41, 5.74) is 0.0787. The standard InChI is InChI=1S/C6H15ClN2/c1-3-8-5-6(7)9-4-2/h6,8-9H,3-5H2,1-2H3. The second-order valence-corrected chi connectivity index (χ2v) is 2.36. The van der Waals surface area contributed by atoms with E-state index in [-0.39, 0.29) is 5.50 Å². The Morgan fingerprint density at radius 2 is 2.00 bits per heavy atom. The van der Waals surface area contributed by atoms with Gasteiger partial charge in [0.05, 0.1) is 5.50 Å². The molecule has 0 aliphatic heterocycles. The quantitative estimate of drug-likeness (QED) is 0.447. The van der Waals surface area contributed by atoms with Gasteiger partial charge >= 0.3 is 0 Å². The van der Waals surface area contributed by atoms with E-state index in [9.17, 15) is 0 Å². The van der Waals surface area contributed by atoms with E-state index in [1.165, 1.54) is 0 Å². The lowest BCUT2D eigenvalue weighted by Crippen LogP contribution is -2.34. The SMILES string of the molecule is CCNCC(Cl)NCC. The molecule has 2 nitrogen and oxygen atoms in total. The van der Waals surface area contributed by atoms with Gasteiger partial charge in [0.15, 0.2) is 0 Å². The molecule has 0 aromatic heterocycles. The number of likely N-dealkylation sites (N-methyl/N-ethyl adjacent to an activating group) is 2. The molecule has 1 unspecified atom stereocenters. The molecule has 0 radical (unpaired) electrons. The third kappa shape index (κ3) is 6.09. The predicted molar refractivity (Wildman–Crippen MR) is 41.9 cm³/mol. The molecule has 0 rings (SSSR count). The highest BCUT2D eigenvalue weighted by atomic mass is 35.5. The van der Waals surface area contributed by atoms with Crippen molar-refractivity contribution in [3.63, 3.8) is 0 Å². The van der Waals surface area contributed by atoms with Crippen molar-refractivity contribution in [2.75, 3.05) is 19.6 Å². The van der Waals surface area contributed by atoms with E-state index in [4.69, 9.17) is 11.6 Å². The van der Waals surface area contributed by atoms with Crippen molar-refractivity contribution in [2.45, 2.75) is 19.3 Å². The molecule has 0 aromatic rings. The number of rotatable bonds is 5. The lowest BCUT2D eigenvalue weighted by Gasteiger charge is -2.08. The first-order chi connectivity index (χ1) is 4.31. The molecular formula is C6H15ClN2. The van der Waals surface area contributed by atoms with Crippen LogP contribution in [0.2, 0.25) is 0 Å². The Balaban J connectivity index is 2.95. The van der Waals surface area contributed by atoms with Gasteiger partial charge < -0.3 is 10.6 Å². The zero-order valence-corrected chi connectivity index (χ0v) is 6.83. The van der Waals surface area contributed by atoms with Crippen LogP contribution in [0.1, 0.15) is 13.8 Å². The first-order valence-corrected chi connectivity index (χ1v) is 3.83. The van der Waals surface area contributed by atoms with Gasteiger partial charge in [-0.05, 0) is 13.1 Å². The molecule has 0 saturated heterocycles. The molecule has 0 aliphatic carbocycles. The topological polar surface area (TPSA) is 24.1 Å². The van der Waals surface area contributed by atoms with Crippen LogP contribution in [-0.2, 0) is 0 Å². The van der Waals surface area contributed by atoms with E-state index in [0.29, 0.717) is 0 Å². The number of hydrogen-bond acceptors (Lipinski definition) is 2. The molecule has 3 heteroatoms. The summed E-state index contributed by atoms with van der Waals surface area (Å²) in [6.07, 6.45) is 0. The highest BCUT2D eigenvalue weighted by molar-refractivity contribution is 6.20. The Labute approximate surface area is 62.0 Å². The van der Waals surface area contributed by atoms with Crippen molar-refractivity contribution in [2.24, 2.45) is 0 Å². The fourth-order valence-electron chi connectivity index (χ4n) is 0.565. The Hall–Kier alpha value is 0.210. The summed E-state index contributed by atoms with van der Waals surface area (Å²) in [7, 11) is 0. The molecule has 0 bridgehead atoms. The molecule has 0 aliphatic rings. The van der Waals surface area contributed by atoms with Crippen LogP contribution in [0.4, 0.5) is 0 Å². The Bertz CT molecular complexity index is 59.0. The summed E-state index contributed by atoms with van der Waals surface area (Å²) in [6, 6.07) is 0. The summed E-state index contributed by atoms with van der Waals surface area (Å²) in [5, 5.41) is 6.22. The van der Waals surface area contributed by atoms with Crippen LogP contribution in [-0.4, -0.2) is 25.1 Å². The average molecular weight is 151 g/mol. The minimum Gasteiger partial charge on any atom is -0.314 e. The molecule has 0 saturated carbocycles. The summed E-state index contributed by atoms with van der Waals surface area (Å²) in [5.74, 6) is 0. The second-order valence-electron chi connectivity index (χ2n) is 1.83. The zero-order valence-electron chi connectivity index (χ0n) is 6.08. The van der Waals surface area contributed by atoms with E-state index in [1.807, 2.05) is 6.92 Å². The lowest BCUT2D eigenvalue weighted by molar-refractivity contribution is 0.600. The van der Waals surface area contributed by atoms with Crippen molar-refractivity contribution >= 4 is 11.6 Å². The van der Waals surface area contributed by atoms with Crippen molar-refractivity contribution in [1.29, 1.82) is 0 Å². The number of hydrogen-bond donors (Lipinski definition) is 2. The van der Waals surface area contributed by atoms with Crippen LogP contribution in [0.3, 0.4) is 0 Å². The minimum absolute atomic E-state index is 0.0787. The van der Waals surface area contributed by atoms with Gasteiger partial charge in [-0.1, -0.05) is 13.8 Å². The largest absolute Gasteiger partial charge is 0.314 e. The number of halogens is 1. The van der Waals surface area contributed by atoms with Crippen molar-refractivity contribution in [3.8, 4) is 0 Å². The van der Waals surface area contributed by atoms with Crippen LogP contribution < -0.4 is 10.6 Å². The molecule has 56 valence electrons. The van der Waals surface area contributed by atoms with E-state index < -0.39 is 0 Å². The summed E-state index contributed by atoms with van der Waals surface area (Å²) in [6.45, 7) is 6.86. The van der Waals surface area contributed by atoms with Gasteiger partial charge in [-0.25, -0.2) is 0 Å². The van der Waals surface area contributed by atoms with Crippen molar-refractivity contribution in [3.05, 3.63) is 0 Å². The van der Waals surface area contributed by atoms with E-state index >= 15 is 0 Å². The Kier molecular flexibility index (Phi) is 6.48. The highest BCUT2D eigenvalue weighted by Gasteiger charge is 1.97. The smallest absolute Gasteiger partial charge is 0.0951 e. The molecular weight excluding hydrogens is 136 g/mol. The van der Waals surface area contributed by atoms with Crippen LogP contribution in [0, 0.1) is 0 Å². The maximum atomic E-state index is 5.79. The van der Waals surface area contributed by atoms with E-state index in [1.54, 1.807) is 0 Å². The molecule has 9 heavy (non-hydrogen) atoms. The molecule has 0 heterocycles. The van der Waals surface area contributed by atoms with Gasteiger partial charge in [0.2, 0.25) is 0 Å². The fraction of sp³-hybridized carbons (Fsp3) is 1.00. The van der Waals surface area contributed by atoms with E-state index in [0.717, 1.165) is 19.6 Å². The van der Waals surface area contributed by atoms with Gasteiger partial charge in [0.25, 0.3) is 0 Å². The molecule has 0 fully saturated rings. The minimum atomic E-state index is 0.0787. The molecule has 0 spiro atoms. The van der Waals surface area contributed by atoms with Gasteiger partial charge in [0, 0.05) is 6.54 Å². The van der Waals surface area contributed by atoms with Gasteiger partial charge in [-0.3, -0.25) is 0 Å². The maximum Gasteiger partial charge on any atom is 0.0951 e. The van der Waals surface area contributed by atoms with Gasteiger partial charge in [-0.2, -0.15) is 0 Å². The third-order valence-electron chi connectivity index (χ3n) is 0.999. The Morgan fingerprint density at radius 1 is 1.33 bits per heavy atom. The third-order valence-corrected chi connectivity index (χ3v) is 1.31. The van der Waals surface area contributed by atoms with Gasteiger partial charge in [0.1, 0.15) is 0 Å². The second kappa shape index (κ2) is 6.33. The first-order valence-electron chi connectivity index (χ1n) is 3.39.